The molecule has 3 aromatic rings. The van der Waals surface area contributed by atoms with E-state index in [-0.39, 0.29) is 5.69 Å². The summed E-state index contributed by atoms with van der Waals surface area (Å²) >= 11 is 0. The summed E-state index contributed by atoms with van der Waals surface area (Å²) in [5.74, 6) is -2.27. The molecule has 0 unspecified atom stereocenters. The first-order chi connectivity index (χ1) is 11.4. The van der Waals surface area contributed by atoms with Crippen LogP contribution in [0.2, 0.25) is 0 Å². The Morgan fingerprint density at radius 2 is 1.92 bits per heavy atom. The molecule has 0 spiro atoms. The molecule has 124 valence electrons. The van der Waals surface area contributed by atoms with E-state index in [9.17, 15) is 18.1 Å². The Morgan fingerprint density at radius 1 is 1.21 bits per heavy atom. The maximum Gasteiger partial charge on any atom is 0.440 e. The molecule has 0 bridgehead atoms. The highest BCUT2D eigenvalue weighted by Crippen LogP contribution is 2.29. The van der Waals surface area contributed by atoms with Crippen LogP contribution in [0.5, 0.6) is 0 Å². The molecule has 0 saturated heterocycles. The second kappa shape index (κ2) is 5.88. The van der Waals surface area contributed by atoms with Gasteiger partial charge in [0, 0.05) is 35.2 Å². The van der Waals surface area contributed by atoms with E-state index in [2.05, 4.69) is 9.93 Å². The van der Waals surface area contributed by atoms with E-state index in [1.165, 1.54) is 12.1 Å². The second-order valence-corrected chi connectivity index (χ2v) is 5.10. The number of fused-ring (bicyclic) bond motifs is 1. The maximum atomic E-state index is 13.7. The number of carbonyl (C=O) groups excluding carboxylic acids is 1. The Bertz CT molecular complexity index is 845. The number of likely N-dealkylation sites (N-methyl/N-ethyl adjacent to an activating group) is 1. The highest BCUT2D eigenvalue weighted by molar-refractivity contribution is 5.81. The van der Waals surface area contributed by atoms with Crippen LogP contribution < -0.4 is 4.90 Å². The molecule has 24 heavy (non-hydrogen) atoms. The molecule has 0 saturated carbocycles. The van der Waals surface area contributed by atoms with Crippen molar-refractivity contribution in [1.82, 2.24) is 9.38 Å². The van der Waals surface area contributed by atoms with Crippen LogP contribution in [-0.2, 0) is 9.74 Å². The smallest absolute Gasteiger partial charge is 0.307 e. The van der Waals surface area contributed by atoms with Crippen LogP contribution in [0.25, 0.3) is 16.9 Å². The third-order valence-electron chi connectivity index (χ3n) is 3.65. The molecule has 8 heteroatoms. The van der Waals surface area contributed by atoms with Gasteiger partial charge in [-0.05, 0) is 24.3 Å². The van der Waals surface area contributed by atoms with Gasteiger partial charge in [0.2, 0.25) is 0 Å². The summed E-state index contributed by atoms with van der Waals surface area (Å²) in [4.78, 5) is 18.2. The zero-order valence-electron chi connectivity index (χ0n) is 12.5. The van der Waals surface area contributed by atoms with Crippen molar-refractivity contribution in [3.8, 4) is 11.3 Å². The number of rotatable bonds is 4. The van der Waals surface area contributed by atoms with E-state index < -0.39 is 12.0 Å². The van der Waals surface area contributed by atoms with Gasteiger partial charge in [-0.15, -0.1) is 0 Å². The summed E-state index contributed by atoms with van der Waals surface area (Å²) < 4.78 is 40.9. The average molecular weight is 335 g/mol. The van der Waals surface area contributed by atoms with E-state index >= 15 is 0 Å². The molecule has 0 aliphatic rings. The van der Waals surface area contributed by atoms with Gasteiger partial charge in [-0.25, -0.2) is 14.7 Å². The number of aromatic nitrogens is 2. The Kier molecular flexibility index (Phi) is 3.88. The standard InChI is InChI=1S/C16H12F3N3O2/c1-21(16(17,18)15(23)24-19)12-7-5-11(6-8-12)13-10-22-9-3-2-4-14(22)20-13/h2-10H,1H3. The predicted molar refractivity (Wildman–Crippen MR) is 81.2 cm³/mol. The monoisotopic (exact) mass is 335 g/mol. The van der Waals surface area contributed by atoms with Gasteiger partial charge in [0.1, 0.15) is 5.65 Å². The van der Waals surface area contributed by atoms with Gasteiger partial charge in [-0.3, -0.25) is 0 Å². The summed E-state index contributed by atoms with van der Waals surface area (Å²) in [6.07, 6.45) is 3.65. The summed E-state index contributed by atoms with van der Waals surface area (Å²) in [5, 5.41) is 0. The number of alkyl halides is 2. The highest BCUT2D eigenvalue weighted by atomic mass is 19.3. The molecule has 0 amide bonds. The molecule has 0 atom stereocenters. The van der Waals surface area contributed by atoms with Crippen molar-refractivity contribution in [2.45, 2.75) is 6.05 Å². The SMILES string of the molecule is CN(c1ccc(-c2cn3ccccc3n2)cc1)C(F)(F)C(=O)OF. The Hall–Kier alpha value is -3.03. The lowest BCUT2D eigenvalue weighted by molar-refractivity contribution is -0.211. The van der Waals surface area contributed by atoms with Crippen molar-refractivity contribution in [3.05, 3.63) is 54.9 Å². The van der Waals surface area contributed by atoms with Crippen molar-refractivity contribution in [2.24, 2.45) is 0 Å². The fourth-order valence-corrected chi connectivity index (χ4v) is 2.28. The zero-order chi connectivity index (χ0) is 17.3. The number of carbonyl (C=O) groups is 1. The first-order valence-corrected chi connectivity index (χ1v) is 6.92. The van der Waals surface area contributed by atoms with Crippen molar-refractivity contribution < 1.29 is 23.0 Å². The third-order valence-corrected chi connectivity index (χ3v) is 3.65. The van der Waals surface area contributed by atoms with Crippen LogP contribution in [0.4, 0.5) is 19.0 Å². The van der Waals surface area contributed by atoms with Crippen molar-refractivity contribution in [3.63, 3.8) is 0 Å². The van der Waals surface area contributed by atoms with Gasteiger partial charge < -0.3 is 9.30 Å². The molecule has 3 rings (SSSR count). The Morgan fingerprint density at radius 3 is 2.54 bits per heavy atom. The molecule has 2 heterocycles. The average Bonchev–Trinajstić information content (AvgIpc) is 3.04. The summed E-state index contributed by atoms with van der Waals surface area (Å²) in [5.41, 5.74) is 2.17. The fraction of sp³-hybridized carbons (Fsp3) is 0.125. The molecule has 0 fully saturated rings. The minimum absolute atomic E-state index is 0.0258. The van der Waals surface area contributed by atoms with E-state index in [1.54, 1.807) is 12.1 Å². The first kappa shape index (κ1) is 15.9. The summed E-state index contributed by atoms with van der Waals surface area (Å²) in [6, 6.07) is 7.40. The second-order valence-electron chi connectivity index (χ2n) is 5.10. The van der Waals surface area contributed by atoms with E-state index in [0.29, 0.717) is 16.2 Å². The van der Waals surface area contributed by atoms with Crippen LogP contribution in [0.1, 0.15) is 0 Å². The Balaban J connectivity index is 1.89. The topological polar surface area (TPSA) is 46.8 Å². The fourth-order valence-electron chi connectivity index (χ4n) is 2.28. The number of pyridine rings is 1. The molecular weight excluding hydrogens is 323 g/mol. The van der Waals surface area contributed by atoms with Gasteiger partial charge in [0.05, 0.1) is 5.69 Å². The number of halogens is 3. The molecule has 0 aliphatic heterocycles. The number of benzene rings is 1. The molecule has 0 radical (unpaired) electrons. The van der Waals surface area contributed by atoms with Crippen LogP contribution in [0, 0.1) is 0 Å². The lowest BCUT2D eigenvalue weighted by atomic mass is 10.1. The minimum Gasteiger partial charge on any atom is -0.307 e. The van der Waals surface area contributed by atoms with Gasteiger partial charge in [-0.2, -0.15) is 8.78 Å². The quantitative estimate of drug-likeness (QED) is 0.685. The zero-order valence-corrected chi connectivity index (χ0v) is 12.5. The summed E-state index contributed by atoms with van der Waals surface area (Å²) in [7, 11) is 0.969. The minimum atomic E-state index is -4.11. The Labute approximate surface area is 134 Å². The van der Waals surface area contributed by atoms with E-state index in [4.69, 9.17) is 0 Å². The number of hydrogen-bond donors (Lipinski definition) is 0. The van der Waals surface area contributed by atoms with Crippen LogP contribution in [0.3, 0.4) is 0 Å². The molecule has 0 aliphatic carbocycles. The summed E-state index contributed by atoms with van der Waals surface area (Å²) in [6.45, 7) is 0. The molecule has 2 aromatic heterocycles. The molecule has 0 N–H and O–H groups in total. The normalized spacial score (nSPS) is 11.5. The maximum absolute atomic E-state index is 13.7. The first-order valence-electron chi connectivity index (χ1n) is 6.92. The van der Waals surface area contributed by atoms with E-state index in [0.717, 1.165) is 12.7 Å². The van der Waals surface area contributed by atoms with E-state index in [1.807, 2.05) is 35.0 Å². The van der Waals surface area contributed by atoms with Gasteiger partial charge >= 0.3 is 12.0 Å². The lowest BCUT2D eigenvalue weighted by Crippen LogP contribution is -2.46. The van der Waals surface area contributed by atoms with Crippen LogP contribution in [-0.4, -0.2) is 28.4 Å². The number of imidazole rings is 1. The van der Waals surface area contributed by atoms with Gasteiger partial charge in [0.25, 0.3) is 0 Å². The molecule has 1 aromatic carbocycles. The third kappa shape index (κ3) is 2.66. The van der Waals surface area contributed by atoms with Crippen molar-refractivity contribution in [1.29, 1.82) is 0 Å². The highest BCUT2D eigenvalue weighted by Gasteiger charge is 2.46. The lowest BCUT2D eigenvalue weighted by Gasteiger charge is -2.25. The number of hydrogen-bond acceptors (Lipinski definition) is 4. The molecule has 5 nitrogen and oxygen atoms in total. The predicted octanol–water partition coefficient (Wildman–Crippen LogP) is 3.46. The molecular formula is C16H12F3N3O2. The van der Waals surface area contributed by atoms with Crippen LogP contribution >= 0.6 is 0 Å². The number of anilines is 1. The van der Waals surface area contributed by atoms with Crippen molar-refractivity contribution in [2.75, 3.05) is 11.9 Å². The largest absolute Gasteiger partial charge is 0.440 e. The number of nitrogens with zero attached hydrogens (tertiary/aromatic N) is 3. The van der Waals surface area contributed by atoms with Crippen molar-refractivity contribution >= 4 is 17.3 Å². The van der Waals surface area contributed by atoms with Gasteiger partial charge in [-0.1, -0.05) is 18.2 Å². The van der Waals surface area contributed by atoms with Crippen LogP contribution in [0.15, 0.2) is 54.9 Å². The van der Waals surface area contributed by atoms with Gasteiger partial charge in [0.15, 0.2) is 0 Å².